The van der Waals surface area contributed by atoms with Crippen LogP contribution in [-0.2, 0) is 0 Å². The van der Waals surface area contributed by atoms with Gasteiger partial charge in [0, 0.05) is 11.3 Å². The monoisotopic (exact) mass is 281 g/mol. The number of carboxylic acid groups (broad SMARTS) is 1. The molecule has 21 heavy (non-hydrogen) atoms. The average molecular weight is 281 g/mol. The molecular weight excluding hydrogens is 270 g/mol. The van der Waals surface area contributed by atoms with E-state index in [0.29, 0.717) is 22.3 Å². The lowest BCUT2D eigenvalue weighted by Crippen LogP contribution is -2.04. The van der Waals surface area contributed by atoms with Crippen LogP contribution in [0.25, 0.3) is 11.0 Å². The predicted molar refractivity (Wildman–Crippen MR) is 77.3 cm³/mol. The van der Waals surface area contributed by atoms with E-state index in [1.165, 1.54) is 12.1 Å². The quantitative estimate of drug-likeness (QED) is 0.503. The summed E-state index contributed by atoms with van der Waals surface area (Å²) in [7, 11) is 0. The van der Waals surface area contributed by atoms with E-state index in [2.05, 4.69) is 9.97 Å². The van der Waals surface area contributed by atoms with Crippen LogP contribution in [0.15, 0.2) is 42.5 Å². The number of nitrogen functional groups attached to an aromatic ring is 1. The number of fused-ring (bicyclic) bond motifs is 1. The van der Waals surface area contributed by atoms with E-state index in [0.717, 1.165) is 0 Å². The highest BCUT2D eigenvalue weighted by Crippen LogP contribution is 2.17. The van der Waals surface area contributed by atoms with Crippen LogP contribution in [-0.4, -0.2) is 26.8 Å². The van der Waals surface area contributed by atoms with E-state index in [1.54, 1.807) is 30.3 Å². The number of carbonyl (C=O) groups excluding carboxylic acids is 1. The zero-order valence-corrected chi connectivity index (χ0v) is 10.8. The van der Waals surface area contributed by atoms with Gasteiger partial charge in [0.05, 0.1) is 16.6 Å². The van der Waals surface area contributed by atoms with Crippen LogP contribution in [0, 0.1) is 0 Å². The normalized spacial score (nSPS) is 10.7. The first-order valence-electron chi connectivity index (χ1n) is 6.18. The smallest absolute Gasteiger partial charge is 0.335 e. The van der Waals surface area contributed by atoms with Crippen LogP contribution in [0.5, 0.6) is 0 Å². The van der Waals surface area contributed by atoms with E-state index in [9.17, 15) is 9.59 Å². The van der Waals surface area contributed by atoms with E-state index in [1.807, 2.05) is 0 Å². The molecule has 0 aliphatic rings. The van der Waals surface area contributed by atoms with Crippen LogP contribution in [0.1, 0.15) is 26.5 Å². The van der Waals surface area contributed by atoms with E-state index >= 15 is 0 Å². The number of nitrogens with one attached hydrogen (secondary N) is 1. The fraction of sp³-hybridized carbons (Fsp3) is 0. The fourth-order valence-electron chi connectivity index (χ4n) is 2.06. The largest absolute Gasteiger partial charge is 0.478 e. The molecule has 1 aromatic heterocycles. The molecule has 0 saturated heterocycles. The third-order valence-corrected chi connectivity index (χ3v) is 3.09. The van der Waals surface area contributed by atoms with Crippen molar-refractivity contribution < 1.29 is 14.7 Å². The molecule has 0 atom stereocenters. The van der Waals surface area contributed by atoms with Crippen LogP contribution in [0.2, 0.25) is 0 Å². The summed E-state index contributed by atoms with van der Waals surface area (Å²) in [6.07, 6.45) is 0. The number of rotatable bonds is 3. The van der Waals surface area contributed by atoms with Crippen molar-refractivity contribution in [1.82, 2.24) is 9.97 Å². The summed E-state index contributed by atoms with van der Waals surface area (Å²) in [6, 6.07) is 11.1. The Balaban J connectivity index is 2.04. The fourth-order valence-corrected chi connectivity index (χ4v) is 2.06. The first kappa shape index (κ1) is 12.9. The van der Waals surface area contributed by atoms with Gasteiger partial charge in [0.25, 0.3) is 0 Å². The van der Waals surface area contributed by atoms with Crippen LogP contribution in [0.3, 0.4) is 0 Å². The molecule has 4 N–H and O–H groups in total. The first-order chi connectivity index (χ1) is 10.0. The number of aromatic amines is 1. The van der Waals surface area contributed by atoms with Crippen molar-refractivity contribution in [3.8, 4) is 0 Å². The molecule has 3 rings (SSSR count). The molecule has 0 amide bonds. The maximum absolute atomic E-state index is 12.3. The number of benzene rings is 2. The number of carboxylic acids is 1. The minimum atomic E-state index is -1.04. The minimum Gasteiger partial charge on any atom is -0.478 e. The Hall–Kier alpha value is -3.15. The molecule has 6 nitrogen and oxygen atoms in total. The maximum Gasteiger partial charge on any atom is 0.335 e. The molecule has 0 spiro atoms. The molecule has 0 unspecified atom stereocenters. The van der Waals surface area contributed by atoms with Crippen molar-refractivity contribution in [2.24, 2.45) is 0 Å². The van der Waals surface area contributed by atoms with Gasteiger partial charge in [0.15, 0.2) is 5.82 Å². The summed E-state index contributed by atoms with van der Waals surface area (Å²) < 4.78 is 0. The van der Waals surface area contributed by atoms with Gasteiger partial charge >= 0.3 is 5.97 Å². The number of hydrogen-bond acceptors (Lipinski definition) is 4. The maximum atomic E-state index is 12.3. The number of H-pyrrole nitrogens is 1. The second-order valence-electron chi connectivity index (χ2n) is 4.58. The van der Waals surface area contributed by atoms with Crippen molar-refractivity contribution in [3.63, 3.8) is 0 Å². The topological polar surface area (TPSA) is 109 Å². The molecule has 3 aromatic rings. The highest BCUT2D eigenvalue weighted by Gasteiger charge is 2.15. The van der Waals surface area contributed by atoms with Gasteiger partial charge in [-0.2, -0.15) is 0 Å². The first-order valence-corrected chi connectivity index (χ1v) is 6.18. The van der Waals surface area contributed by atoms with Crippen molar-refractivity contribution >= 4 is 28.5 Å². The molecule has 0 fully saturated rings. The number of nitrogens with two attached hydrogens (primary N) is 1. The minimum absolute atomic E-state index is 0.122. The molecule has 6 heteroatoms. The van der Waals surface area contributed by atoms with Crippen molar-refractivity contribution in [3.05, 3.63) is 59.4 Å². The molecule has 1 heterocycles. The number of aromatic nitrogens is 2. The van der Waals surface area contributed by atoms with E-state index < -0.39 is 5.97 Å². The van der Waals surface area contributed by atoms with Crippen molar-refractivity contribution in [2.75, 3.05) is 5.73 Å². The summed E-state index contributed by atoms with van der Waals surface area (Å²) in [4.78, 5) is 30.3. The van der Waals surface area contributed by atoms with Gasteiger partial charge in [-0.3, -0.25) is 4.79 Å². The van der Waals surface area contributed by atoms with Crippen LogP contribution < -0.4 is 5.73 Å². The molecule has 0 bridgehead atoms. The van der Waals surface area contributed by atoms with Gasteiger partial charge in [0.2, 0.25) is 5.78 Å². The lowest BCUT2D eigenvalue weighted by molar-refractivity contribution is 0.0697. The molecule has 0 aliphatic heterocycles. The van der Waals surface area contributed by atoms with Gasteiger partial charge in [-0.15, -0.1) is 0 Å². The Morgan fingerprint density at radius 3 is 2.62 bits per heavy atom. The Morgan fingerprint density at radius 2 is 1.90 bits per heavy atom. The number of imidazole rings is 1. The van der Waals surface area contributed by atoms with E-state index in [4.69, 9.17) is 10.8 Å². The zero-order chi connectivity index (χ0) is 15.0. The summed E-state index contributed by atoms with van der Waals surface area (Å²) in [5, 5.41) is 8.95. The summed E-state index contributed by atoms with van der Waals surface area (Å²) in [5.74, 6) is -1.18. The Kier molecular flexibility index (Phi) is 2.91. The van der Waals surface area contributed by atoms with Crippen LogP contribution in [0.4, 0.5) is 5.69 Å². The third-order valence-electron chi connectivity index (χ3n) is 3.09. The lowest BCUT2D eigenvalue weighted by Gasteiger charge is -1.98. The second kappa shape index (κ2) is 4.75. The van der Waals surface area contributed by atoms with E-state index in [-0.39, 0.29) is 17.2 Å². The lowest BCUT2D eigenvalue weighted by atomic mass is 10.1. The molecule has 0 radical (unpaired) electrons. The molecular formula is C15H11N3O3. The Labute approximate surface area is 119 Å². The zero-order valence-electron chi connectivity index (χ0n) is 10.8. The Morgan fingerprint density at radius 1 is 1.10 bits per heavy atom. The van der Waals surface area contributed by atoms with Crippen molar-refractivity contribution in [1.29, 1.82) is 0 Å². The van der Waals surface area contributed by atoms with Gasteiger partial charge < -0.3 is 15.8 Å². The number of nitrogens with zero attached hydrogens (tertiary/aromatic N) is 1. The molecule has 0 aliphatic carbocycles. The predicted octanol–water partition coefficient (Wildman–Crippen LogP) is 2.07. The second-order valence-corrected chi connectivity index (χ2v) is 4.58. The third kappa shape index (κ3) is 2.34. The number of aromatic carboxylic acids is 1. The highest BCUT2D eigenvalue weighted by atomic mass is 16.4. The molecule has 104 valence electrons. The highest BCUT2D eigenvalue weighted by molar-refractivity contribution is 6.08. The number of ketones is 1. The van der Waals surface area contributed by atoms with Gasteiger partial charge in [-0.25, -0.2) is 9.78 Å². The number of carbonyl (C=O) groups is 2. The number of anilines is 1. The van der Waals surface area contributed by atoms with Crippen LogP contribution >= 0.6 is 0 Å². The van der Waals surface area contributed by atoms with Gasteiger partial charge in [0.1, 0.15) is 0 Å². The summed E-state index contributed by atoms with van der Waals surface area (Å²) >= 11 is 0. The van der Waals surface area contributed by atoms with Gasteiger partial charge in [-0.1, -0.05) is 12.1 Å². The standard InChI is InChI=1S/C15H11N3O3/c16-10-3-1-2-8(6-10)13(19)14-17-11-5-4-9(15(20)21)7-12(11)18-14/h1-7H,16H2,(H,17,18)(H,20,21). The van der Waals surface area contributed by atoms with Gasteiger partial charge in [-0.05, 0) is 30.3 Å². The Bertz CT molecular complexity index is 867. The molecule has 2 aromatic carbocycles. The summed E-state index contributed by atoms with van der Waals surface area (Å²) in [6.45, 7) is 0. The average Bonchev–Trinajstić information content (AvgIpc) is 2.89. The molecule has 0 saturated carbocycles. The summed E-state index contributed by atoms with van der Waals surface area (Å²) in [5.41, 5.74) is 7.73. The van der Waals surface area contributed by atoms with Crippen molar-refractivity contribution in [2.45, 2.75) is 0 Å². The SMILES string of the molecule is Nc1cccc(C(=O)c2nc3cc(C(=O)O)ccc3[nH]2)c1. The number of hydrogen-bond donors (Lipinski definition) is 3.